The van der Waals surface area contributed by atoms with Gasteiger partial charge in [0.2, 0.25) is 41.4 Å². The topological polar surface area (TPSA) is 476 Å². The Balaban J connectivity index is 0.0000238. The Morgan fingerprint density at radius 1 is 0.783 bits per heavy atom. The maximum Gasteiger partial charge on any atom is 3.00 e. The van der Waals surface area contributed by atoms with Crippen molar-refractivity contribution in [2.24, 2.45) is 23.5 Å². The second kappa shape index (κ2) is 28.8. The Bertz CT molecular complexity index is 2140. The quantitative estimate of drug-likeness (QED) is 0.0321. The van der Waals surface area contributed by atoms with E-state index in [1.165, 1.54) is 7.05 Å². The number of primary amides is 1. The van der Waals surface area contributed by atoms with Crippen molar-refractivity contribution in [3.63, 3.8) is 0 Å². The van der Waals surface area contributed by atoms with Crippen LogP contribution in [0.3, 0.4) is 0 Å². The molecule has 1 aromatic rings. The first-order valence-corrected chi connectivity index (χ1v) is 21.6. The Morgan fingerprint density at radius 3 is 1.65 bits per heavy atom. The number of aliphatic carboxylic acids is 1. The van der Waals surface area contributed by atoms with E-state index >= 15 is 0 Å². The van der Waals surface area contributed by atoms with Crippen LogP contribution in [0.1, 0.15) is 66.1 Å². The summed E-state index contributed by atoms with van der Waals surface area (Å²) in [4.78, 5) is 128. The van der Waals surface area contributed by atoms with Crippen LogP contribution >= 0.6 is 11.8 Å². The first-order valence-electron chi connectivity index (χ1n) is 20.7. The van der Waals surface area contributed by atoms with E-state index in [4.69, 9.17) is 11.5 Å². The van der Waals surface area contributed by atoms with Gasteiger partial charge in [-0.1, -0.05) is 0 Å². The number of carboxylic acid groups (broad SMARTS) is 1. The molecule has 1 radical (unpaired) electrons. The summed E-state index contributed by atoms with van der Waals surface area (Å²) in [5.41, 5.74) is 9.91. The molecule has 0 aromatic carbocycles. The maximum absolute atomic E-state index is 13.7. The van der Waals surface area contributed by atoms with Crippen molar-refractivity contribution < 1.29 is 87.2 Å². The van der Waals surface area contributed by atoms with Gasteiger partial charge in [-0.2, -0.15) is 4.99 Å². The number of nitrogens with zero attached hydrogens (tertiary/aromatic N) is 6. The molecule has 0 spiro atoms. The maximum atomic E-state index is 13.7. The summed E-state index contributed by atoms with van der Waals surface area (Å²) >= 11 is 0.508. The molecule has 387 valence electrons. The molecule has 1 fully saturated rings. The van der Waals surface area contributed by atoms with Crippen molar-refractivity contribution in [3.05, 3.63) is 43.9 Å². The normalized spacial score (nSPS) is 19.3. The Morgan fingerprint density at radius 2 is 1.22 bits per heavy atom. The predicted molar refractivity (Wildman–Crippen MR) is 232 cm³/mol. The summed E-state index contributed by atoms with van der Waals surface area (Å²) in [7, 11) is 1.20. The summed E-state index contributed by atoms with van der Waals surface area (Å²) in [5.74, 6) is -9.56. The van der Waals surface area contributed by atoms with Gasteiger partial charge in [0, 0.05) is 53.6 Å². The molecule has 1 aliphatic heterocycles. The minimum Gasteiger partial charge on any atom is -0.756 e. The van der Waals surface area contributed by atoms with Gasteiger partial charge in [0.15, 0.2) is 0 Å². The predicted octanol–water partition coefficient (Wildman–Crippen LogP) is -7.64. The number of aromatic nitrogens is 2. The molecule has 1 aliphatic rings. The third-order valence-corrected chi connectivity index (χ3v) is 12.0. The van der Waals surface area contributed by atoms with E-state index in [2.05, 4.69) is 20.9 Å². The van der Waals surface area contributed by atoms with Gasteiger partial charge in [0.25, 0.3) is 0 Å². The van der Waals surface area contributed by atoms with Crippen molar-refractivity contribution in [2.75, 3.05) is 26.2 Å². The summed E-state index contributed by atoms with van der Waals surface area (Å²) in [6.07, 6.45) is -6.51. The number of nitrogens with two attached hydrogens (primary N) is 2. The van der Waals surface area contributed by atoms with E-state index in [9.17, 15) is 89.1 Å². The number of nitrogens with one attached hydrogen (secondary N) is 4. The fourth-order valence-electron chi connectivity index (χ4n) is 6.43. The summed E-state index contributed by atoms with van der Waals surface area (Å²) in [5, 5.41) is 96.7. The first kappa shape index (κ1) is 61.5. The number of hydroxylamine groups is 6. The van der Waals surface area contributed by atoms with Gasteiger partial charge in [-0.25, -0.2) is 9.59 Å². The van der Waals surface area contributed by atoms with E-state index in [0.29, 0.717) is 11.8 Å². The van der Waals surface area contributed by atoms with E-state index in [0.717, 1.165) is 42.2 Å². The van der Waals surface area contributed by atoms with Crippen LogP contribution in [0.5, 0.6) is 0 Å². The minimum absolute atomic E-state index is 0. The molecule has 0 saturated carbocycles. The number of aliphatic hydroxyl groups excluding tert-OH is 4. The molecule has 2 heterocycles. The molecule has 32 heteroatoms. The molecule has 10 atom stereocenters. The molecule has 0 bridgehead atoms. The average molecular weight is 1050 g/mol. The molecule has 0 aliphatic carbocycles. The second-order valence-electron chi connectivity index (χ2n) is 15.4. The van der Waals surface area contributed by atoms with Crippen LogP contribution in [-0.4, -0.2) is 178 Å². The number of carbonyl (C=O) groups is 9. The van der Waals surface area contributed by atoms with Crippen molar-refractivity contribution in [1.29, 1.82) is 0 Å². The van der Waals surface area contributed by atoms with Crippen LogP contribution < -0.4 is 49.0 Å². The third kappa shape index (κ3) is 18.4. The second-order valence-corrected chi connectivity index (χ2v) is 16.7. The molecule has 2 rings (SSSR count). The van der Waals surface area contributed by atoms with E-state index in [1.54, 1.807) is 0 Å². The number of amides is 9. The number of carboxylic acids is 1. The summed E-state index contributed by atoms with van der Waals surface area (Å²) < 4.78 is 1.74. The molecular formula is C37H57FeN12O18S. The van der Waals surface area contributed by atoms with Crippen LogP contribution in [0, 0.1) is 15.6 Å². The standard InChI is InChI=1S/C37H57N12O18S.Fe/c1-17(51)47(65)12-5-8-20(38)30(57)40-21(9-6-13-48(66)18(2)52)31(58)41-22(10-7-14-49(67)19(3)53)32(59)42-23(16-50)33(60)44-25(35(61)62)26(54)29-27(55)28(56)34(68-29)46-15-11-24(43-36(39)63)45(4)37(46)64;/h11,15,20-23,25-29,34,50,54-56H,5-10,12-14,16,38H2,1-4H3,(H2,39,63)(H,40,57)(H,41,58)(H,42,59)(H,44,60)(H,61,62);/q-3;+3/t20-,21-,22-,23-,25+,26-,27+,28+,29+,34+;/m0./s1. The molecule has 1 saturated heterocycles. The van der Waals surface area contributed by atoms with Crippen LogP contribution in [0.25, 0.3) is 0 Å². The van der Waals surface area contributed by atoms with Crippen LogP contribution in [0.2, 0.25) is 0 Å². The number of hydrogen-bond acceptors (Lipinski definition) is 20. The molecule has 0 unspecified atom stereocenters. The SMILES string of the molecule is CC(=O)N([O-])CCC[C@H](NC(=O)[C@H](CCCN([O-])C(C)=O)NC(=O)[C@@H](N)CCCN([O-])C(C)=O)C(=O)N[C@@H](CO)C(=O)N[C@@H](C(=O)[O-])[C@H](O)[C@H]1S[C@@H](n2ccc(=NC(N)=O)n(C)c2=O)[C@H](O)[C@H]1O.[Fe+3].[H+]. The van der Waals surface area contributed by atoms with Gasteiger partial charge in [-0.15, -0.1) is 11.8 Å². The number of aliphatic hydroxyl groups is 4. The number of urea groups is 1. The first-order chi connectivity index (χ1) is 31.7. The summed E-state index contributed by atoms with van der Waals surface area (Å²) in [6.45, 7) is 0.422. The number of hydrogen-bond donors (Lipinski definition) is 10. The number of thioether (sulfide) groups is 1. The van der Waals surface area contributed by atoms with E-state index in [-0.39, 0.29) is 77.8 Å². The van der Waals surface area contributed by atoms with Crippen LogP contribution in [0.4, 0.5) is 4.79 Å². The molecule has 1 aromatic heterocycles. The number of carbonyl (C=O) groups excluding carboxylic acids is 9. The smallest absolute Gasteiger partial charge is 0.756 e. The van der Waals surface area contributed by atoms with Crippen molar-refractivity contribution in [1.82, 2.24) is 45.6 Å². The van der Waals surface area contributed by atoms with Crippen LogP contribution in [-0.2, 0) is 62.5 Å². The fraction of sp³-hybridized carbons (Fsp3) is 0.649. The van der Waals surface area contributed by atoms with Gasteiger partial charge in [-0.3, -0.25) is 42.7 Å². The van der Waals surface area contributed by atoms with Gasteiger partial charge < -0.3 is 93.9 Å². The zero-order chi connectivity index (χ0) is 51.7. The number of rotatable bonds is 25. The van der Waals surface area contributed by atoms with Gasteiger partial charge >= 0.3 is 30.2 Å². The van der Waals surface area contributed by atoms with Gasteiger partial charge in [-0.05, 0) is 44.6 Å². The minimum atomic E-state index is -2.43. The molecular weight excluding hydrogens is 988 g/mol. The molecule has 69 heavy (non-hydrogen) atoms. The van der Waals surface area contributed by atoms with E-state index < -0.39 is 144 Å². The molecule has 30 nitrogen and oxygen atoms in total. The van der Waals surface area contributed by atoms with E-state index in [1.807, 2.05) is 5.32 Å². The van der Waals surface area contributed by atoms with Crippen molar-refractivity contribution in [2.45, 2.75) is 118 Å². The third-order valence-electron chi connectivity index (χ3n) is 10.3. The van der Waals surface area contributed by atoms with Gasteiger partial charge in [0.1, 0.15) is 35.1 Å². The van der Waals surface area contributed by atoms with Gasteiger partial charge in [0.05, 0.1) is 42.1 Å². The summed E-state index contributed by atoms with van der Waals surface area (Å²) in [6, 6.07) is -9.16. The molecule has 12 N–H and O–H groups in total. The zero-order valence-electron chi connectivity index (χ0n) is 38.6. The largest absolute Gasteiger partial charge is 3.00 e. The Labute approximate surface area is 408 Å². The van der Waals surface area contributed by atoms with Crippen molar-refractivity contribution in [3.8, 4) is 0 Å². The molecule has 9 amide bonds. The zero-order valence-corrected chi connectivity index (χ0v) is 39.5. The Hall–Kier alpha value is -5.54. The van der Waals surface area contributed by atoms with Crippen molar-refractivity contribution >= 4 is 65.1 Å². The fourth-order valence-corrected chi connectivity index (χ4v) is 8.00. The Kier molecular flexibility index (Phi) is 25.7. The monoisotopic (exact) mass is 1050 g/mol. The van der Waals surface area contributed by atoms with Crippen LogP contribution in [0.15, 0.2) is 22.1 Å². The average Bonchev–Trinajstić information content (AvgIpc) is 3.56.